The highest BCUT2D eigenvalue weighted by Gasteiger charge is 2.59. The summed E-state index contributed by atoms with van der Waals surface area (Å²) in [6, 6.07) is 0. The third-order valence-corrected chi connectivity index (χ3v) is 13.8. The molecule has 3 saturated carbocycles. The number of ether oxygens (including phenoxy) is 1. The summed E-state index contributed by atoms with van der Waals surface area (Å²) in [5, 5.41) is 0. The van der Waals surface area contributed by atoms with Gasteiger partial charge in [-0.25, -0.2) is 0 Å². The van der Waals surface area contributed by atoms with Crippen molar-refractivity contribution in [1.82, 2.24) is 0 Å². The van der Waals surface area contributed by atoms with Crippen molar-refractivity contribution in [2.75, 3.05) is 13.3 Å². The maximum atomic E-state index is 12.7. The Hall–Kier alpha value is -0.970. The highest BCUT2D eigenvalue weighted by atomic mass is 31.2. The van der Waals surface area contributed by atoms with Crippen LogP contribution in [0.25, 0.3) is 0 Å². The number of allylic oxidation sites excluding steroid dienone is 1. The standard InChI is InChI=1S/C39H67O6P/c1-28(2)13-12-14-29(3)34-19-20-35-33-18-16-30-27-32(22-24-38(30,4)36(33)23-25-39(34,35)5)45-37(41)21-17-31(40)15-10-8-7-9-11-26-44-46(6,42)43/h16,28-29,32-36H,7-15,17-27H2,1-6H3,(H,42,43)/t29-,32+,33+,34-,35+,36+,38+,39-/m1/s1. The number of unbranched alkanes of at least 4 members (excludes halogenated alkanes) is 4. The predicted octanol–water partition coefficient (Wildman–Crippen LogP) is 10.5. The first-order valence-electron chi connectivity index (χ1n) is 19.1. The fourth-order valence-corrected chi connectivity index (χ4v) is 11.0. The topological polar surface area (TPSA) is 89.9 Å². The van der Waals surface area contributed by atoms with Crippen LogP contribution in [0.4, 0.5) is 0 Å². The number of Topliss-reactive ketones (excluding diaryl/α,β-unsaturated/α-hetero) is 1. The zero-order valence-electron chi connectivity index (χ0n) is 30.2. The van der Waals surface area contributed by atoms with Crippen molar-refractivity contribution < 1.29 is 28.3 Å². The minimum Gasteiger partial charge on any atom is -0.462 e. The predicted molar refractivity (Wildman–Crippen MR) is 187 cm³/mol. The molecule has 4 aliphatic rings. The van der Waals surface area contributed by atoms with E-state index in [2.05, 4.69) is 40.7 Å². The van der Waals surface area contributed by atoms with Gasteiger partial charge in [0.25, 0.3) is 0 Å². The van der Waals surface area contributed by atoms with Crippen molar-refractivity contribution in [3.8, 4) is 0 Å². The summed E-state index contributed by atoms with van der Waals surface area (Å²) in [6.07, 6.45) is 21.7. The van der Waals surface area contributed by atoms with Gasteiger partial charge in [-0.1, -0.05) is 84.8 Å². The van der Waals surface area contributed by atoms with E-state index >= 15 is 0 Å². The molecule has 7 heteroatoms. The fraction of sp³-hybridized carbons (Fsp3) is 0.897. The molecule has 0 radical (unpaired) electrons. The summed E-state index contributed by atoms with van der Waals surface area (Å²) >= 11 is 0. The Balaban J connectivity index is 1.18. The van der Waals surface area contributed by atoms with Crippen LogP contribution in [-0.4, -0.2) is 36.0 Å². The SMILES string of the molecule is CC(C)CCC[C@@H](C)[C@H]1CC[C@H]2[C@@H]3CC=C4C[C@@H](OC(=O)CCC(=O)CCCCCCCOP(C)(=O)O)CC[C@]4(C)[C@H]3CC[C@]12C. The molecule has 0 aromatic carbocycles. The first kappa shape index (κ1) is 37.8. The molecule has 4 rings (SSSR count). The van der Waals surface area contributed by atoms with Crippen LogP contribution in [0.2, 0.25) is 0 Å². The van der Waals surface area contributed by atoms with Crippen molar-refractivity contribution in [3.63, 3.8) is 0 Å². The van der Waals surface area contributed by atoms with Gasteiger partial charge in [0.1, 0.15) is 11.9 Å². The quantitative estimate of drug-likeness (QED) is 0.0680. The maximum Gasteiger partial charge on any atom is 0.325 e. The lowest BCUT2D eigenvalue weighted by atomic mass is 9.47. The lowest BCUT2D eigenvalue weighted by molar-refractivity contribution is -0.152. The minimum absolute atomic E-state index is 0.0497. The first-order chi connectivity index (χ1) is 21.7. The molecular weight excluding hydrogens is 595 g/mol. The van der Waals surface area contributed by atoms with E-state index in [0.29, 0.717) is 18.4 Å². The van der Waals surface area contributed by atoms with Gasteiger partial charge in [0.15, 0.2) is 0 Å². The molecule has 0 heterocycles. The van der Waals surface area contributed by atoms with E-state index in [0.717, 1.165) is 86.9 Å². The van der Waals surface area contributed by atoms with E-state index in [1.165, 1.54) is 58.0 Å². The van der Waals surface area contributed by atoms with Crippen LogP contribution in [-0.2, 0) is 23.4 Å². The van der Waals surface area contributed by atoms with Gasteiger partial charge >= 0.3 is 13.6 Å². The maximum absolute atomic E-state index is 12.7. The van der Waals surface area contributed by atoms with Crippen LogP contribution < -0.4 is 0 Å². The molecule has 1 N–H and O–H groups in total. The number of carbonyl (C=O) groups is 2. The average molecular weight is 663 g/mol. The molecule has 0 bridgehead atoms. The first-order valence-corrected chi connectivity index (χ1v) is 21.1. The zero-order chi connectivity index (χ0) is 33.5. The summed E-state index contributed by atoms with van der Waals surface area (Å²) in [5.74, 6) is 4.87. The Morgan fingerprint density at radius 1 is 0.913 bits per heavy atom. The second-order valence-corrected chi connectivity index (χ2v) is 18.7. The molecule has 6 nitrogen and oxygen atoms in total. The van der Waals surface area contributed by atoms with Gasteiger partial charge in [-0.15, -0.1) is 0 Å². The van der Waals surface area contributed by atoms with E-state index in [9.17, 15) is 14.2 Å². The van der Waals surface area contributed by atoms with Crippen LogP contribution in [0, 0.1) is 46.3 Å². The van der Waals surface area contributed by atoms with Crippen LogP contribution in [0.1, 0.15) is 157 Å². The highest BCUT2D eigenvalue weighted by molar-refractivity contribution is 7.51. The molecule has 9 atom stereocenters. The Kier molecular flexibility index (Phi) is 13.7. The molecule has 0 saturated heterocycles. The van der Waals surface area contributed by atoms with Crippen molar-refractivity contribution in [1.29, 1.82) is 0 Å². The van der Waals surface area contributed by atoms with Gasteiger partial charge in [0.05, 0.1) is 13.0 Å². The van der Waals surface area contributed by atoms with E-state index < -0.39 is 7.60 Å². The fourth-order valence-electron chi connectivity index (χ4n) is 10.6. The van der Waals surface area contributed by atoms with Gasteiger partial charge in [-0.3, -0.25) is 14.2 Å². The van der Waals surface area contributed by atoms with Gasteiger partial charge < -0.3 is 14.2 Å². The normalized spacial score (nSPS) is 34.2. The van der Waals surface area contributed by atoms with Crippen molar-refractivity contribution >= 4 is 19.3 Å². The third-order valence-electron chi connectivity index (χ3n) is 13.1. The van der Waals surface area contributed by atoms with Crippen LogP contribution in [0.5, 0.6) is 0 Å². The summed E-state index contributed by atoms with van der Waals surface area (Å²) < 4.78 is 22.0. The van der Waals surface area contributed by atoms with Crippen molar-refractivity contribution in [3.05, 3.63) is 11.6 Å². The van der Waals surface area contributed by atoms with Crippen molar-refractivity contribution in [2.24, 2.45) is 46.3 Å². The minimum atomic E-state index is -3.38. The second-order valence-electron chi connectivity index (χ2n) is 16.8. The van der Waals surface area contributed by atoms with Crippen LogP contribution >= 0.6 is 7.60 Å². The Labute approximate surface area is 281 Å². The summed E-state index contributed by atoms with van der Waals surface area (Å²) in [4.78, 5) is 34.2. The molecule has 4 aliphatic carbocycles. The van der Waals surface area contributed by atoms with Gasteiger partial charge in [0.2, 0.25) is 0 Å². The molecular formula is C39H67O6P. The van der Waals surface area contributed by atoms with E-state index in [4.69, 9.17) is 14.2 Å². The summed E-state index contributed by atoms with van der Waals surface area (Å²) in [7, 11) is -3.38. The largest absolute Gasteiger partial charge is 0.462 e. The van der Waals surface area contributed by atoms with Crippen molar-refractivity contribution in [2.45, 2.75) is 163 Å². The Morgan fingerprint density at radius 3 is 2.39 bits per heavy atom. The van der Waals surface area contributed by atoms with Gasteiger partial charge in [-0.2, -0.15) is 0 Å². The molecule has 0 spiro atoms. The van der Waals surface area contributed by atoms with E-state index in [1.54, 1.807) is 5.57 Å². The van der Waals surface area contributed by atoms with E-state index in [-0.39, 0.29) is 36.1 Å². The van der Waals surface area contributed by atoms with Gasteiger partial charge in [0, 0.05) is 25.9 Å². The Bertz CT molecular complexity index is 1090. The molecule has 0 aliphatic heterocycles. The monoisotopic (exact) mass is 662 g/mol. The van der Waals surface area contributed by atoms with E-state index in [1.807, 2.05) is 0 Å². The molecule has 0 aromatic rings. The molecule has 0 amide bonds. The number of carbonyl (C=O) groups excluding carboxylic acids is 2. The van der Waals surface area contributed by atoms with Crippen LogP contribution in [0.15, 0.2) is 11.6 Å². The second kappa shape index (κ2) is 16.6. The molecule has 264 valence electrons. The molecule has 46 heavy (non-hydrogen) atoms. The summed E-state index contributed by atoms with van der Waals surface area (Å²) in [6.45, 7) is 14.0. The summed E-state index contributed by atoms with van der Waals surface area (Å²) in [5.41, 5.74) is 2.29. The molecule has 1 unspecified atom stereocenters. The third kappa shape index (κ3) is 9.81. The number of ketones is 1. The average Bonchev–Trinajstić information content (AvgIpc) is 3.34. The molecule has 0 aromatic heterocycles. The number of fused-ring (bicyclic) bond motifs is 5. The highest BCUT2D eigenvalue weighted by Crippen LogP contribution is 2.67. The number of esters is 1. The smallest absolute Gasteiger partial charge is 0.325 e. The van der Waals surface area contributed by atoms with Crippen LogP contribution in [0.3, 0.4) is 0 Å². The lowest BCUT2D eigenvalue weighted by Gasteiger charge is -2.58. The number of hydrogen-bond donors (Lipinski definition) is 1. The number of hydrogen-bond acceptors (Lipinski definition) is 5. The zero-order valence-corrected chi connectivity index (χ0v) is 31.1. The Morgan fingerprint density at radius 2 is 1.65 bits per heavy atom. The number of rotatable bonds is 18. The lowest BCUT2D eigenvalue weighted by Crippen LogP contribution is -2.51. The van der Waals surface area contributed by atoms with Gasteiger partial charge in [-0.05, 0) is 104 Å². The molecule has 3 fully saturated rings.